The molecular weight excluding hydrogens is 236 g/mol. The molecule has 5 heteroatoms. The van der Waals surface area contributed by atoms with Gasteiger partial charge in [0.1, 0.15) is 16.8 Å². The van der Waals surface area contributed by atoms with Gasteiger partial charge in [0.05, 0.1) is 12.5 Å². The van der Waals surface area contributed by atoms with Gasteiger partial charge in [0.2, 0.25) is 0 Å². The van der Waals surface area contributed by atoms with Gasteiger partial charge in [0, 0.05) is 25.1 Å². The van der Waals surface area contributed by atoms with E-state index in [1.54, 1.807) is 6.07 Å². The number of nitriles is 1. The van der Waals surface area contributed by atoms with Gasteiger partial charge in [-0.25, -0.2) is 9.97 Å². The summed E-state index contributed by atoms with van der Waals surface area (Å²) in [6, 6.07) is 4.17. The molecule has 0 aliphatic heterocycles. The number of rotatable bonds is 5. The molecule has 1 aromatic heterocycles. The predicted octanol–water partition coefficient (Wildman–Crippen LogP) is 2.82. The van der Waals surface area contributed by atoms with Crippen LogP contribution >= 0.6 is 11.6 Å². The van der Waals surface area contributed by atoms with Crippen LogP contribution in [-0.2, 0) is 6.42 Å². The molecule has 1 heterocycles. The summed E-state index contributed by atoms with van der Waals surface area (Å²) < 4.78 is 0. The lowest BCUT2D eigenvalue weighted by Gasteiger charge is -2.27. The Balaban J connectivity index is 3.01. The molecule has 1 rings (SSSR count). The van der Waals surface area contributed by atoms with E-state index in [0.29, 0.717) is 18.1 Å². The summed E-state index contributed by atoms with van der Waals surface area (Å²) in [5.74, 6) is 1.53. The topological polar surface area (TPSA) is 52.8 Å². The quantitative estimate of drug-likeness (QED) is 0.756. The number of hydrogen-bond acceptors (Lipinski definition) is 4. The lowest BCUT2D eigenvalue weighted by Crippen LogP contribution is -2.32. The van der Waals surface area contributed by atoms with E-state index in [1.807, 2.05) is 6.92 Å². The summed E-state index contributed by atoms with van der Waals surface area (Å²) in [6.45, 7) is 6.78. The molecule has 4 nitrogen and oxygen atoms in total. The first-order valence-electron chi connectivity index (χ1n) is 5.75. The van der Waals surface area contributed by atoms with Gasteiger partial charge in [-0.1, -0.05) is 18.5 Å². The van der Waals surface area contributed by atoms with Gasteiger partial charge in [-0.3, -0.25) is 0 Å². The number of aryl methyl sites for hydroxylation is 1. The summed E-state index contributed by atoms with van der Waals surface area (Å²) >= 11 is 5.97. The molecule has 0 atom stereocenters. The minimum Gasteiger partial charge on any atom is -0.353 e. The van der Waals surface area contributed by atoms with E-state index in [0.717, 1.165) is 18.1 Å². The molecule has 0 aromatic carbocycles. The third kappa shape index (κ3) is 3.86. The second-order valence-corrected chi connectivity index (χ2v) is 4.40. The van der Waals surface area contributed by atoms with Gasteiger partial charge in [0.15, 0.2) is 0 Å². The molecule has 0 spiro atoms. The van der Waals surface area contributed by atoms with Gasteiger partial charge < -0.3 is 4.90 Å². The van der Waals surface area contributed by atoms with Gasteiger partial charge in [-0.15, -0.1) is 0 Å². The molecule has 0 N–H and O–H groups in total. The van der Waals surface area contributed by atoms with Gasteiger partial charge in [-0.2, -0.15) is 5.26 Å². The Morgan fingerprint density at radius 3 is 2.71 bits per heavy atom. The zero-order valence-electron chi connectivity index (χ0n) is 10.4. The van der Waals surface area contributed by atoms with Crippen LogP contribution in [0, 0.1) is 11.3 Å². The van der Waals surface area contributed by atoms with Crippen molar-refractivity contribution in [1.82, 2.24) is 9.97 Å². The summed E-state index contributed by atoms with van der Waals surface area (Å²) in [5.41, 5.74) is 0. The van der Waals surface area contributed by atoms with Crippen LogP contribution in [0.3, 0.4) is 0 Å². The fraction of sp³-hybridized carbons (Fsp3) is 0.583. The SMILES string of the molecule is CCc1nc(Cl)cc(N(CCC#N)C(C)C)n1. The number of anilines is 1. The van der Waals surface area contributed by atoms with Crippen molar-refractivity contribution in [2.75, 3.05) is 11.4 Å². The highest BCUT2D eigenvalue weighted by Gasteiger charge is 2.13. The second kappa shape index (κ2) is 6.41. The van der Waals surface area contributed by atoms with E-state index in [1.165, 1.54) is 0 Å². The molecule has 0 unspecified atom stereocenters. The zero-order valence-corrected chi connectivity index (χ0v) is 11.2. The maximum atomic E-state index is 8.66. The van der Waals surface area contributed by atoms with Crippen molar-refractivity contribution in [3.8, 4) is 6.07 Å². The van der Waals surface area contributed by atoms with Crippen molar-refractivity contribution in [2.24, 2.45) is 0 Å². The first kappa shape index (κ1) is 13.7. The predicted molar refractivity (Wildman–Crippen MR) is 69.1 cm³/mol. The average Bonchev–Trinajstić information content (AvgIpc) is 2.28. The van der Waals surface area contributed by atoms with Gasteiger partial charge in [0.25, 0.3) is 0 Å². The maximum Gasteiger partial charge on any atom is 0.134 e. The second-order valence-electron chi connectivity index (χ2n) is 4.01. The van der Waals surface area contributed by atoms with Gasteiger partial charge >= 0.3 is 0 Å². The standard InChI is InChI=1S/C12H17ClN4/c1-4-11-15-10(13)8-12(16-11)17(9(2)3)7-5-6-14/h8-9H,4-5,7H2,1-3H3. The van der Waals surface area contributed by atoms with E-state index in [2.05, 4.69) is 34.8 Å². The Kier molecular flexibility index (Phi) is 5.17. The number of hydrogen-bond donors (Lipinski definition) is 0. The Hall–Kier alpha value is -1.34. The lowest BCUT2D eigenvalue weighted by molar-refractivity contribution is 0.672. The van der Waals surface area contributed by atoms with Crippen molar-refractivity contribution < 1.29 is 0 Å². The average molecular weight is 253 g/mol. The van der Waals surface area contributed by atoms with Crippen LogP contribution in [0.1, 0.15) is 33.0 Å². The number of halogens is 1. The third-order valence-corrected chi connectivity index (χ3v) is 2.62. The molecule has 0 aliphatic carbocycles. The summed E-state index contributed by atoms with van der Waals surface area (Å²) in [7, 11) is 0. The Morgan fingerprint density at radius 1 is 1.47 bits per heavy atom. The molecule has 0 aliphatic rings. The summed E-state index contributed by atoms with van der Waals surface area (Å²) in [4.78, 5) is 10.6. The minimum absolute atomic E-state index is 0.277. The van der Waals surface area contributed by atoms with E-state index in [4.69, 9.17) is 16.9 Å². The summed E-state index contributed by atoms with van der Waals surface area (Å²) in [5, 5.41) is 9.12. The Morgan fingerprint density at radius 2 is 2.18 bits per heavy atom. The van der Waals surface area contributed by atoms with Gasteiger partial charge in [-0.05, 0) is 13.8 Å². The highest BCUT2D eigenvalue weighted by atomic mass is 35.5. The van der Waals surface area contributed by atoms with Crippen molar-refractivity contribution in [2.45, 2.75) is 39.7 Å². The zero-order chi connectivity index (χ0) is 12.8. The van der Waals surface area contributed by atoms with Crippen molar-refractivity contribution in [3.63, 3.8) is 0 Å². The normalized spacial score (nSPS) is 10.4. The van der Waals surface area contributed by atoms with Crippen LogP contribution in [0.25, 0.3) is 0 Å². The Bertz CT molecular complexity index is 411. The number of aromatic nitrogens is 2. The fourth-order valence-electron chi connectivity index (χ4n) is 1.56. The van der Waals surface area contributed by atoms with Crippen molar-refractivity contribution >= 4 is 17.4 Å². The monoisotopic (exact) mass is 252 g/mol. The highest BCUT2D eigenvalue weighted by molar-refractivity contribution is 6.29. The maximum absolute atomic E-state index is 8.66. The molecule has 0 fully saturated rings. The number of nitrogens with zero attached hydrogens (tertiary/aromatic N) is 4. The molecule has 0 bridgehead atoms. The van der Waals surface area contributed by atoms with Crippen LogP contribution in [-0.4, -0.2) is 22.6 Å². The van der Waals surface area contributed by atoms with E-state index in [-0.39, 0.29) is 6.04 Å². The first-order valence-corrected chi connectivity index (χ1v) is 6.13. The van der Waals surface area contributed by atoms with E-state index < -0.39 is 0 Å². The van der Waals surface area contributed by atoms with E-state index >= 15 is 0 Å². The first-order chi connectivity index (χ1) is 8.08. The largest absolute Gasteiger partial charge is 0.353 e. The summed E-state index contributed by atoms with van der Waals surface area (Å²) in [6.07, 6.45) is 1.22. The van der Waals surface area contributed by atoms with Crippen LogP contribution in [0.5, 0.6) is 0 Å². The van der Waals surface area contributed by atoms with Crippen molar-refractivity contribution in [3.05, 3.63) is 17.0 Å². The Labute approximate surface area is 107 Å². The molecule has 0 saturated heterocycles. The molecule has 0 radical (unpaired) electrons. The van der Waals surface area contributed by atoms with E-state index in [9.17, 15) is 0 Å². The molecule has 92 valence electrons. The lowest BCUT2D eigenvalue weighted by atomic mass is 10.3. The smallest absolute Gasteiger partial charge is 0.134 e. The molecule has 17 heavy (non-hydrogen) atoms. The highest BCUT2D eigenvalue weighted by Crippen LogP contribution is 2.18. The minimum atomic E-state index is 0.277. The molecule has 0 amide bonds. The van der Waals surface area contributed by atoms with Crippen LogP contribution in [0.4, 0.5) is 5.82 Å². The van der Waals surface area contributed by atoms with Crippen LogP contribution < -0.4 is 4.90 Å². The van der Waals surface area contributed by atoms with Crippen LogP contribution in [0.2, 0.25) is 5.15 Å². The third-order valence-electron chi connectivity index (χ3n) is 2.43. The van der Waals surface area contributed by atoms with Crippen molar-refractivity contribution in [1.29, 1.82) is 5.26 Å². The van der Waals surface area contributed by atoms with Crippen LogP contribution in [0.15, 0.2) is 6.07 Å². The molecule has 1 aromatic rings. The molecular formula is C12H17ClN4. The fourth-order valence-corrected chi connectivity index (χ4v) is 1.76. The molecule has 0 saturated carbocycles.